The average Bonchev–Trinajstić information content (AvgIpc) is 3.13. The van der Waals surface area contributed by atoms with Crippen LogP contribution in [-0.4, -0.2) is 20.7 Å². The molecule has 9 nitrogen and oxygen atoms in total. The van der Waals surface area contributed by atoms with E-state index in [0.717, 1.165) is 16.9 Å². The van der Waals surface area contributed by atoms with Gasteiger partial charge in [0.25, 0.3) is 5.69 Å². The maximum Gasteiger partial charge on any atom is 0.324 e. The van der Waals surface area contributed by atoms with Gasteiger partial charge in [-0.1, -0.05) is 39.0 Å². The maximum atomic E-state index is 12.6. The van der Waals surface area contributed by atoms with Crippen molar-refractivity contribution in [2.24, 2.45) is 5.73 Å². The monoisotopic (exact) mass is 422 g/mol. The number of hydrogen-bond donors (Lipinski definition) is 3. The number of carbonyl (C=O) groups is 1. The molecular weight excluding hydrogens is 396 g/mol. The van der Waals surface area contributed by atoms with Crippen LogP contribution >= 0.6 is 0 Å². The zero-order valence-corrected chi connectivity index (χ0v) is 18.0. The number of nitrogens with zero attached hydrogens (tertiary/aromatic N) is 3. The molecular formula is C22H26N6O3. The fraction of sp³-hybridized carbons (Fsp3) is 0.273. The molecule has 1 aromatic heterocycles. The third-order valence-corrected chi connectivity index (χ3v) is 4.80. The summed E-state index contributed by atoms with van der Waals surface area (Å²) in [4.78, 5) is 23.3. The van der Waals surface area contributed by atoms with Gasteiger partial charge in [-0.3, -0.25) is 15.4 Å². The zero-order valence-electron chi connectivity index (χ0n) is 18.0. The molecule has 0 fully saturated rings. The normalized spacial score (nSPS) is 11.3. The highest BCUT2D eigenvalue weighted by Crippen LogP contribution is 2.27. The van der Waals surface area contributed by atoms with Gasteiger partial charge in [0.05, 0.1) is 16.3 Å². The summed E-state index contributed by atoms with van der Waals surface area (Å²) in [6.45, 7) is 8.18. The van der Waals surface area contributed by atoms with Crippen LogP contribution in [0.4, 0.5) is 22.0 Å². The van der Waals surface area contributed by atoms with Gasteiger partial charge in [0.1, 0.15) is 5.82 Å². The molecule has 0 unspecified atom stereocenters. The fourth-order valence-electron chi connectivity index (χ4n) is 2.97. The molecule has 3 aromatic rings. The van der Waals surface area contributed by atoms with Crippen LogP contribution in [-0.2, 0) is 12.0 Å². The number of amides is 2. The van der Waals surface area contributed by atoms with E-state index in [1.54, 1.807) is 23.7 Å². The molecule has 0 radical (unpaired) electrons. The molecule has 0 aliphatic heterocycles. The van der Waals surface area contributed by atoms with Crippen molar-refractivity contribution < 1.29 is 9.72 Å². The minimum absolute atomic E-state index is 0.0575. The highest BCUT2D eigenvalue weighted by molar-refractivity contribution is 5.99. The first-order valence-electron chi connectivity index (χ1n) is 9.81. The fourth-order valence-corrected chi connectivity index (χ4v) is 2.97. The number of urea groups is 1. The van der Waals surface area contributed by atoms with Crippen LogP contribution in [0.2, 0.25) is 0 Å². The number of nitro groups is 1. The Kier molecular flexibility index (Phi) is 6.07. The van der Waals surface area contributed by atoms with Gasteiger partial charge in [-0.25, -0.2) is 9.48 Å². The lowest BCUT2D eigenvalue weighted by Gasteiger charge is -2.14. The molecule has 31 heavy (non-hydrogen) atoms. The molecule has 9 heteroatoms. The van der Waals surface area contributed by atoms with E-state index in [-0.39, 0.29) is 11.1 Å². The second-order valence-electron chi connectivity index (χ2n) is 8.28. The van der Waals surface area contributed by atoms with E-state index in [9.17, 15) is 14.9 Å². The molecule has 162 valence electrons. The van der Waals surface area contributed by atoms with Crippen LogP contribution in [0.3, 0.4) is 0 Å². The summed E-state index contributed by atoms with van der Waals surface area (Å²) < 4.78 is 1.65. The second-order valence-corrected chi connectivity index (χ2v) is 8.28. The van der Waals surface area contributed by atoms with Gasteiger partial charge in [0.2, 0.25) is 0 Å². The number of rotatable bonds is 5. The van der Waals surface area contributed by atoms with Crippen molar-refractivity contribution in [1.29, 1.82) is 0 Å². The lowest BCUT2D eigenvalue weighted by Crippen LogP contribution is -2.21. The molecule has 0 saturated heterocycles. The smallest absolute Gasteiger partial charge is 0.324 e. The van der Waals surface area contributed by atoms with Crippen molar-refractivity contribution in [3.05, 3.63) is 75.5 Å². The quantitative estimate of drug-likeness (QED) is 0.412. The third-order valence-electron chi connectivity index (χ3n) is 4.80. The SMILES string of the molecule is Cc1ccc(NC(=O)Nc2cc(C(C)(C)C)nn2-c2ccc(CN)cc2)cc1[N+](=O)[O-]. The highest BCUT2D eigenvalue weighted by Gasteiger charge is 2.22. The Bertz CT molecular complexity index is 1110. The summed E-state index contributed by atoms with van der Waals surface area (Å²) in [7, 11) is 0. The van der Waals surface area contributed by atoms with Crippen LogP contribution in [0.15, 0.2) is 48.5 Å². The summed E-state index contributed by atoms with van der Waals surface area (Å²) in [6, 6.07) is 13.4. The highest BCUT2D eigenvalue weighted by atomic mass is 16.6. The van der Waals surface area contributed by atoms with Gasteiger partial charge in [-0.05, 0) is 30.7 Å². The minimum atomic E-state index is -0.529. The van der Waals surface area contributed by atoms with E-state index in [1.807, 2.05) is 51.1 Å². The van der Waals surface area contributed by atoms with E-state index in [4.69, 9.17) is 5.73 Å². The summed E-state index contributed by atoms with van der Waals surface area (Å²) >= 11 is 0. The molecule has 4 N–H and O–H groups in total. The first-order chi connectivity index (χ1) is 14.6. The number of hydrogen-bond acceptors (Lipinski definition) is 5. The van der Waals surface area contributed by atoms with Crippen LogP contribution < -0.4 is 16.4 Å². The van der Waals surface area contributed by atoms with Crippen molar-refractivity contribution in [1.82, 2.24) is 9.78 Å². The lowest BCUT2D eigenvalue weighted by atomic mass is 9.92. The van der Waals surface area contributed by atoms with E-state index in [1.165, 1.54) is 6.07 Å². The van der Waals surface area contributed by atoms with Gasteiger partial charge in [0, 0.05) is 35.3 Å². The zero-order chi connectivity index (χ0) is 22.8. The molecule has 0 bridgehead atoms. The van der Waals surface area contributed by atoms with Crippen LogP contribution in [0, 0.1) is 17.0 Å². The number of aromatic nitrogens is 2. The first-order valence-corrected chi connectivity index (χ1v) is 9.81. The van der Waals surface area contributed by atoms with Gasteiger partial charge in [-0.15, -0.1) is 0 Å². The van der Waals surface area contributed by atoms with Gasteiger partial charge >= 0.3 is 6.03 Å². The van der Waals surface area contributed by atoms with Gasteiger partial charge in [0.15, 0.2) is 0 Å². The van der Waals surface area contributed by atoms with Crippen LogP contribution in [0.5, 0.6) is 0 Å². The first kappa shape index (κ1) is 22.0. The Morgan fingerprint density at radius 2 is 1.81 bits per heavy atom. The molecule has 1 heterocycles. The topological polar surface area (TPSA) is 128 Å². The molecule has 0 saturated carbocycles. The second kappa shape index (κ2) is 8.57. The molecule has 2 aromatic carbocycles. The van der Waals surface area contributed by atoms with Crippen molar-refractivity contribution in [2.75, 3.05) is 10.6 Å². The summed E-state index contributed by atoms with van der Waals surface area (Å²) in [6.07, 6.45) is 0. The number of nitrogens with one attached hydrogen (secondary N) is 2. The third kappa shape index (κ3) is 5.07. The van der Waals surface area contributed by atoms with E-state index in [0.29, 0.717) is 23.6 Å². The van der Waals surface area contributed by atoms with Gasteiger partial charge < -0.3 is 11.1 Å². The summed E-state index contributed by atoms with van der Waals surface area (Å²) in [5.41, 5.74) is 8.79. The number of benzene rings is 2. The van der Waals surface area contributed by atoms with Crippen molar-refractivity contribution >= 4 is 23.2 Å². The van der Waals surface area contributed by atoms with E-state index in [2.05, 4.69) is 15.7 Å². The Labute approximate surface area is 180 Å². The standard InChI is InChI=1S/C22H26N6O3/c1-14-5-8-16(11-18(14)28(30)31)24-21(29)25-20-12-19(22(2,3)4)26-27(20)17-9-6-15(13-23)7-10-17/h5-12H,13,23H2,1-4H3,(H2,24,25,29). The molecule has 0 atom stereocenters. The summed E-state index contributed by atoms with van der Waals surface area (Å²) in [5, 5.41) is 21.3. The Hall–Kier alpha value is -3.72. The van der Waals surface area contributed by atoms with Crippen LogP contribution in [0.25, 0.3) is 5.69 Å². The molecule has 2 amide bonds. The van der Waals surface area contributed by atoms with E-state index < -0.39 is 11.0 Å². The lowest BCUT2D eigenvalue weighted by molar-refractivity contribution is -0.385. The molecule has 3 rings (SSSR count). The van der Waals surface area contributed by atoms with Crippen molar-refractivity contribution in [3.8, 4) is 5.69 Å². The average molecular weight is 422 g/mol. The Morgan fingerprint density at radius 3 is 2.39 bits per heavy atom. The Balaban J connectivity index is 1.89. The number of nitro benzene ring substituents is 1. The number of nitrogens with two attached hydrogens (primary N) is 1. The van der Waals surface area contributed by atoms with Crippen molar-refractivity contribution in [3.63, 3.8) is 0 Å². The number of carbonyl (C=O) groups excluding carboxylic acids is 1. The van der Waals surface area contributed by atoms with E-state index >= 15 is 0 Å². The van der Waals surface area contributed by atoms with Gasteiger partial charge in [-0.2, -0.15) is 5.10 Å². The predicted octanol–water partition coefficient (Wildman–Crippen LogP) is 4.49. The van der Waals surface area contributed by atoms with Crippen molar-refractivity contribution in [2.45, 2.75) is 39.7 Å². The number of aryl methyl sites for hydroxylation is 1. The Morgan fingerprint density at radius 1 is 1.13 bits per heavy atom. The van der Waals surface area contributed by atoms with Crippen LogP contribution in [0.1, 0.15) is 37.6 Å². The predicted molar refractivity (Wildman–Crippen MR) is 121 cm³/mol. The summed E-state index contributed by atoms with van der Waals surface area (Å²) in [5.74, 6) is 0.476. The largest absolute Gasteiger partial charge is 0.326 e. The number of anilines is 2. The maximum absolute atomic E-state index is 12.6. The molecule has 0 aliphatic rings. The molecule has 0 aliphatic carbocycles. The minimum Gasteiger partial charge on any atom is -0.326 e. The molecule has 0 spiro atoms.